The molecule has 0 unspecified atom stereocenters. The molecule has 23 heavy (non-hydrogen) atoms. The zero-order chi connectivity index (χ0) is 15.9. The average Bonchev–Trinajstić information content (AvgIpc) is 3.05. The van der Waals surface area contributed by atoms with E-state index in [1.165, 1.54) is 5.56 Å². The first-order chi connectivity index (χ1) is 11.3. The van der Waals surface area contributed by atoms with Gasteiger partial charge in [-0.2, -0.15) is 0 Å². The lowest BCUT2D eigenvalue weighted by Crippen LogP contribution is -2.19. The van der Waals surface area contributed by atoms with Crippen molar-refractivity contribution in [2.75, 3.05) is 13.6 Å². The van der Waals surface area contributed by atoms with Crippen LogP contribution in [0.4, 0.5) is 0 Å². The van der Waals surface area contributed by atoms with Crippen LogP contribution in [0, 0.1) is 0 Å². The maximum absolute atomic E-state index is 5.73. The Balaban J connectivity index is 1.48. The van der Waals surface area contributed by atoms with E-state index in [-0.39, 0.29) is 0 Å². The smallest absolute Gasteiger partial charge is 0.247 e. The molecule has 0 fully saturated rings. The molecule has 0 aliphatic heterocycles. The first kappa shape index (κ1) is 15.4. The highest BCUT2D eigenvalue weighted by Crippen LogP contribution is 2.17. The molecular formula is C18H20N4O. The van der Waals surface area contributed by atoms with Crippen molar-refractivity contribution in [3.05, 3.63) is 66.3 Å². The SMILES string of the molecule is CN(CCCc1cccnc1)Cc1nnc(-c2ccccc2)o1. The molecule has 118 valence electrons. The van der Waals surface area contributed by atoms with Crippen molar-refractivity contribution in [3.8, 4) is 11.5 Å². The Hall–Kier alpha value is -2.53. The largest absolute Gasteiger partial charge is 0.419 e. The fourth-order valence-electron chi connectivity index (χ4n) is 2.42. The van der Waals surface area contributed by atoms with Crippen molar-refractivity contribution in [2.45, 2.75) is 19.4 Å². The van der Waals surface area contributed by atoms with Crippen LogP contribution in [0.15, 0.2) is 59.3 Å². The minimum atomic E-state index is 0.573. The van der Waals surface area contributed by atoms with Crippen molar-refractivity contribution in [1.82, 2.24) is 20.1 Å². The Labute approximate surface area is 136 Å². The van der Waals surface area contributed by atoms with Crippen LogP contribution in [0.1, 0.15) is 17.9 Å². The van der Waals surface area contributed by atoms with Gasteiger partial charge < -0.3 is 4.42 Å². The van der Waals surface area contributed by atoms with E-state index in [1.807, 2.05) is 42.6 Å². The van der Waals surface area contributed by atoms with Crippen molar-refractivity contribution in [1.29, 1.82) is 0 Å². The first-order valence-electron chi connectivity index (χ1n) is 7.76. The molecule has 3 aromatic rings. The second-order valence-electron chi connectivity index (χ2n) is 5.57. The van der Waals surface area contributed by atoms with E-state index in [0.29, 0.717) is 18.3 Å². The van der Waals surface area contributed by atoms with Crippen molar-refractivity contribution < 1.29 is 4.42 Å². The van der Waals surface area contributed by atoms with Gasteiger partial charge in [0.2, 0.25) is 11.8 Å². The molecule has 0 aliphatic carbocycles. The molecule has 0 saturated heterocycles. The number of pyridine rings is 1. The molecule has 0 saturated carbocycles. The van der Waals surface area contributed by atoms with E-state index in [9.17, 15) is 0 Å². The van der Waals surface area contributed by atoms with E-state index in [4.69, 9.17) is 4.42 Å². The predicted molar refractivity (Wildman–Crippen MR) is 88.6 cm³/mol. The van der Waals surface area contributed by atoms with Crippen LogP contribution in [0.25, 0.3) is 11.5 Å². The van der Waals surface area contributed by atoms with Gasteiger partial charge in [-0.1, -0.05) is 24.3 Å². The molecule has 0 radical (unpaired) electrons. The lowest BCUT2D eigenvalue weighted by molar-refractivity contribution is 0.287. The Morgan fingerprint density at radius 1 is 1.04 bits per heavy atom. The highest BCUT2D eigenvalue weighted by molar-refractivity contribution is 5.51. The van der Waals surface area contributed by atoms with Gasteiger partial charge in [-0.15, -0.1) is 10.2 Å². The van der Waals surface area contributed by atoms with Crippen molar-refractivity contribution in [3.63, 3.8) is 0 Å². The molecule has 3 rings (SSSR count). The summed E-state index contributed by atoms with van der Waals surface area (Å²) in [6.45, 7) is 1.63. The monoisotopic (exact) mass is 308 g/mol. The lowest BCUT2D eigenvalue weighted by atomic mass is 10.1. The number of nitrogens with zero attached hydrogens (tertiary/aromatic N) is 4. The van der Waals surface area contributed by atoms with Gasteiger partial charge in [-0.05, 0) is 50.2 Å². The maximum atomic E-state index is 5.73. The summed E-state index contributed by atoms with van der Waals surface area (Å²) >= 11 is 0. The normalized spacial score (nSPS) is 11.0. The Bertz CT molecular complexity index is 712. The fourth-order valence-corrected chi connectivity index (χ4v) is 2.42. The summed E-state index contributed by atoms with van der Waals surface area (Å²) in [5.74, 6) is 1.22. The van der Waals surface area contributed by atoms with E-state index in [1.54, 1.807) is 6.20 Å². The number of aryl methyl sites for hydroxylation is 1. The molecule has 0 N–H and O–H groups in total. The minimum Gasteiger partial charge on any atom is -0.419 e. The second kappa shape index (κ2) is 7.65. The Morgan fingerprint density at radius 3 is 2.70 bits per heavy atom. The van der Waals surface area contributed by atoms with Crippen LogP contribution in [-0.4, -0.2) is 33.7 Å². The number of hydrogen-bond acceptors (Lipinski definition) is 5. The third-order valence-corrected chi connectivity index (χ3v) is 3.62. The zero-order valence-electron chi connectivity index (χ0n) is 13.2. The Morgan fingerprint density at radius 2 is 1.91 bits per heavy atom. The number of benzene rings is 1. The molecule has 0 amide bonds. The summed E-state index contributed by atoms with van der Waals surface area (Å²) in [5, 5.41) is 8.25. The van der Waals surface area contributed by atoms with Crippen LogP contribution < -0.4 is 0 Å². The summed E-state index contributed by atoms with van der Waals surface area (Å²) in [6, 6.07) is 13.9. The van der Waals surface area contributed by atoms with Gasteiger partial charge in [0.05, 0.1) is 6.54 Å². The van der Waals surface area contributed by atoms with E-state index < -0.39 is 0 Å². The first-order valence-corrected chi connectivity index (χ1v) is 7.76. The summed E-state index contributed by atoms with van der Waals surface area (Å²) < 4.78 is 5.73. The second-order valence-corrected chi connectivity index (χ2v) is 5.57. The number of hydrogen-bond donors (Lipinski definition) is 0. The van der Waals surface area contributed by atoms with Gasteiger partial charge in [0.25, 0.3) is 0 Å². The third-order valence-electron chi connectivity index (χ3n) is 3.62. The van der Waals surface area contributed by atoms with Crippen LogP contribution in [0.5, 0.6) is 0 Å². The molecule has 2 heterocycles. The van der Waals surface area contributed by atoms with Crippen molar-refractivity contribution in [2.24, 2.45) is 0 Å². The molecule has 0 spiro atoms. The van der Waals surface area contributed by atoms with Crippen LogP contribution in [0.3, 0.4) is 0 Å². The standard InChI is InChI=1S/C18H20N4O/c1-22(12-6-8-15-7-5-11-19-13-15)14-17-20-21-18(23-17)16-9-3-2-4-10-16/h2-5,7,9-11,13H,6,8,12,14H2,1H3. The number of rotatable bonds is 7. The highest BCUT2D eigenvalue weighted by atomic mass is 16.4. The molecular weight excluding hydrogens is 288 g/mol. The summed E-state index contributed by atoms with van der Waals surface area (Å²) in [5.41, 5.74) is 2.22. The quantitative estimate of drug-likeness (QED) is 0.671. The molecule has 5 heteroatoms. The fraction of sp³-hybridized carbons (Fsp3) is 0.278. The molecule has 2 aromatic heterocycles. The highest BCUT2D eigenvalue weighted by Gasteiger charge is 2.10. The summed E-state index contributed by atoms with van der Waals surface area (Å²) in [6.07, 6.45) is 5.82. The van der Waals surface area contributed by atoms with E-state index >= 15 is 0 Å². The minimum absolute atomic E-state index is 0.573. The van der Waals surface area contributed by atoms with Gasteiger partial charge in [0.15, 0.2) is 0 Å². The van der Waals surface area contributed by atoms with E-state index in [0.717, 1.165) is 24.9 Å². The van der Waals surface area contributed by atoms with Gasteiger partial charge in [0, 0.05) is 18.0 Å². The van der Waals surface area contributed by atoms with Crippen LogP contribution >= 0.6 is 0 Å². The van der Waals surface area contributed by atoms with Gasteiger partial charge in [-0.3, -0.25) is 9.88 Å². The molecule has 5 nitrogen and oxygen atoms in total. The molecule has 1 aromatic carbocycles. The summed E-state index contributed by atoms with van der Waals surface area (Å²) in [7, 11) is 2.07. The van der Waals surface area contributed by atoms with Crippen LogP contribution in [-0.2, 0) is 13.0 Å². The number of aromatic nitrogens is 3. The van der Waals surface area contributed by atoms with Crippen LogP contribution in [0.2, 0.25) is 0 Å². The predicted octanol–water partition coefficient (Wildman–Crippen LogP) is 3.20. The topological polar surface area (TPSA) is 55.1 Å². The van der Waals surface area contributed by atoms with E-state index in [2.05, 4.69) is 33.2 Å². The lowest BCUT2D eigenvalue weighted by Gasteiger charge is -2.13. The average molecular weight is 308 g/mol. The molecule has 0 bridgehead atoms. The van der Waals surface area contributed by atoms with Gasteiger partial charge in [-0.25, -0.2) is 0 Å². The molecule has 0 atom stereocenters. The summed E-state index contributed by atoms with van der Waals surface area (Å²) in [4.78, 5) is 6.33. The third kappa shape index (κ3) is 4.47. The van der Waals surface area contributed by atoms with Gasteiger partial charge in [0.1, 0.15) is 0 Å². The Kier molecular flexibility index (Phi) is 5.11. The zero-order valence-corrected chi connectivity index (χ0v) is 13.2. The maximum Gasteiger partial charge on any atom is 0.247 e. The van der Waals surface area contributed by atoms with Crippen molar-refractivity contribution >= 4 is 0 Å². The van der Waals surface area contributed by atoms with Gasteiger partial charge >= 0.3 is 0 Å². The molecule has 0 aliphatic rings.